The molecule has 6 nitrogen and oxygen atoms in total. The van der Waals surface area contributed by atoms with Crippen LogP contribution in [0, 0.1) is 19.8 Å². The summed E-state index contributed by atoms with van der Waals surface area (Å²) in [6, 6.07) is 5.38. The molecule has 1 fully saturated rings. The second kappa shape index (κ2) is 7.47. The third-order valence-electron chi connectivity index (χ3n) is 4.72. The minimum absolute atomic E-state index is 0.00776. The van der Waals surface area contributed by atoms with Crippen LogP contribution in [0.4, 0.5) is 0 Å². The Morgan fingerprint density at radius 1 is 1.21 bits per heavy atom. The summed E-state index contributed by atoms with van der Waals surface area (Å²) < 4.78 is 0. The Balaban J connectivity index is 1.95. The summed E-state index contributed by atoms with van der Waals surface area (Å²) in [5.41, 5.74) is 2.63. The van der Waals surface area contributed by atoms with Crippen molar-refractivity contribution in [3.8, 4) is 0 Å². The van der Waals surface area contributed by atoms with Gasteiger partial charge in [0, 0.05) is 18.2 Å². The van der Waals surface area contributed by atoms with Gasteiger partial charge in [-0.3, -0.25) is 14.4 Å². The van der Waals surface area contributed by atoms with Crippen LogP contribution in [0.2, 0.25) is 0 Å². The van der Waals surface area contributed by atoms with Crippen molar-refractivity contribution in [1.29, 1.82) is 0 Å². The van der Waals surface area contributed by atoms with E-state index in [1.807, 2.05) is 26.8 Å². The molecule has 1 aliphatic heterocycles. The molecule has 24 heavy (non-hydrogen) atoms. The van der Waals surface area contributed by atoms with Crippen molar-refractivity contribution < 1.29 is 19.5 Å². The van der Waals surface area contributed by atoms with E-state index in [1.54, 1.807) is 17.0 Å². The molecule has 0 aromatic heterocycles. The Morgan fingerprint density at radius 3 is 2.54 bits per heavy atom. The predicted molar refractivity (Wildman–Crippen MR) is 89.8 cm³/mol. The standard InChI is InChI=1S/C18H24N2O4/c1-11-4-6-14(8-12(11)2)17(22)19-9-16(21)20-10-15(18(23)24)7-5-13(20)3/h4,6,8,13,15H,5,7,9-10H2,1-3H3,(H,19,22)(H,23,24). The zero-order valence-corrected chi connectivity index (χ0v) is 14.3. The van der Waals surface area contributed by atoms with Crippen molar-refractivity contribution in [2.45, 2.75) is 39.7 Å². The Labute approximate surface area is 141 Å². The first-order chi connectivity index (χ1) is 11.3. The number of likely N-dealkylation sites (tertiary alicyclic amines) is 1. The van der Waals surface area contributed by atoms with Gasteiger partial charge >= 0.3 is 5.97 Å². The molecule has 2 N–H and O–H groups in total. The molecule has 0 aliphatic carbocycles. The van der Waals surface area contributed by atoms with E-state index in [4.69, 9.17) is 5.11 Å². The van der Waals surface area contributed by atoms with Gasteiger partial charge in [0.25, 0.3) is 5.91 Å². The number of aliphatic carboxylic acids is 1. The van der Waals surface area contributed by atoms with Crippen molar-refractivity contribution in [1.82, 2.24) is 10.2 Å². The Kier molecular flexibility index (Phi) is 5.59. The summed E-state index contributed by atoms with van der Waals surface area (Å²) in [4.78, 5) is 37.2. The van der Waals surface area contributed by atoms with E-state index in [0.29, 0.717) is 18.4 Å². The number of amides is 2. The molecule has 1 aliphatic rings. The molecule has 1 saturated heterocycles. The third kappa shape index (κ3) is 4.13. The number of piperidine rings is 1. The highest BCUT2D eigenvalue weighted by Gasteiger charge is 2.32. The number of carbonyl (C=O) groups excluding carboxylic acids is 2. The van der Waals surface area contributed by atoms with Crippen molar-refractivity contribution in [3.63, 3.8) is 0 Å². The average Bonchev–Trinajstić information content (AvgIpc) is 2.55. The quantitative estimate of drug-likeness (QED) is 0.879. The number of carboxylic acids is 1. The number of nitrogens with one attached hydrogen (secondary N) is 1. The van der Waals surface area contributed by atoms with Gasteiger partial charge in [-0.15, -0.1) is 0 Å². The Morgan fingerprint density at radius 2 is 1.92 bits per heavy atom. The van der Waals surface area contributed by atoms with Gasteiger partial charge in [0.1, 0.15) is 0 Å². The van der Waals surface area contributed by atoms with Gasteiger partial charge < -0.3 is 15.3 Å². The lowest BCUT2D eigenvalue weighted by Crippen LogP contribution is -2.50. The second-order valence-corrected chi connectivity index (χ2v) is 6.49. The largest absolute Gasteiger partial charge is 0.481 e. The van der Waals surface area contributed by atoms with Crippen LogP contribution in [-0.2, 0) is 9.59 Å². The fraction of sp³-hybridized carbons (Fsp3) is 0.500. The topological polar surface area (TPSA) is 86.7 Å². The van der Waals surface area contributed by atoms with Crippen LogP contribution in [0.15, 0.2) is 18.2 Å². The van der Waals surface area contributed by atoms with Gasteiger partial charge in [-0.1, -0.05) is 6.07 Å². The smallest absolute Gasteiger partial charge is 0.308 e. The molecule has 0 spiro atoms. The molecule has 0 radical (unpaired) electrons. The molecule has 1 aromatic rings. The lowest BCUT2D eigenvalue weighted by molar-refractivity contribution is -0.146. The maximum absolute atomic E-state index is 12.4. The van der Waals surface area contributed by atoms with Crippen LogP contribution in [0.25, 0.3) is 0 Å². The van der Waals surface area contributed by atoms with E-state index in [9.17, 15) is 14.4 Å². The molecule has 2 atom stereocenters. The zero-order chi connectivity index (χ0) is 17.9. The molecule has 0 bridgehead atoms. The highest BCUT2D eigenvalue weighted by Crippen LogP contribution is 2.22. The fourth-order valence-corrected chi connectivity index (χ4v) is 2.90. The van der Waals surface area contributed by atoms with E-state index in [2.05, 4.69) is 5.32 Å². The monoisotopic (exact) mass is 332 g/mol. The van der Waals surface area contributed by atoms with Crippen molar-refractivity contribution in [2.75, 3.05) is 13.1 Å². The fourth-order valence-electron chi connectivity index (χ4n) is 2.90. The molecule has 2 amide bonds. The van der Waals surface area contributed by atoms with E-state index in [-0.39, 0.29) is 30.9 Å². The first-order valence-corrected chi connectivity index (χ1v) is 8.17. The van der Waals surface area contributed by atoms with Crippen LogP contribution < -0.4 is 5.32 Å². The summed E-state index contributed by atoms with van der Waals surface area (Å²) in [7, 11) is 0. The van der Waals surface area contributed by atoms with Crippen LogP contribution in [0.1, 0.15) is 41.3 Å². The normalized spacial score (nSPS) is 20.5. The van der Waals surface area contributed by atoms with E-state index >= 15 is 0 Å². The molecule has 0 saturated carbocycles. The molecule has 6 heteroatoms. The number of rotatable bonds is 4. The van der Waals surface area contributed by atoms with Gasteiger partial charge in [-0.25, -0.2) is 0 Å². The summed E-state index contributed by atoms with van der Waals surface area (Å²) in [5, 5.41) is 11.8. The first-order valence-electron chi connectivity index (χ1n) is 8.17. The predicted octanol–water partition coefficient (Wildman–Crippen LogP) is 1.74. The maximum Gasteiger partial charge on any atom is 0.308 e. The van der Waals surface area contributed by atoms with Gasteiger partial charge in [-0.2, -0.15) is 0 Å². The number of benzene rings is 1. The minimum Gasteiger partial charge on any atom is -0.481 e. The number of aryl methyl sites for hydroxylation is 2. The van der Waals surface area contributed by atoms with Crippen LogP contribution in [0.3, 0.4) is 0 Å². The maximum atomic E-state index is 12.4. The van der Waals surface area contributed by atoms with Crippen molar-refractivity contribution in [3.05, 3.63) is 34.9 Å². The van der Waals surface area contributed by atoms with Gasteiger partial charge in [0.05, 0.1) is 12.5 Å². The Hall–Kier alpha value is -2.37. The number of nitrogens with zero attached hydrogens (tertiary/aromatic N) is 1. The number of carboxylic acid groups (broad SMARTS) is 1. The summed E-state index contributed by atoms with van der Waals surface area (Å²) in [6.07, 6.45) is 1.24. The zero-order valence-electron chi connectivity index (χ0n) is 14.3. The van der Waals surface area contributed by atoms with Gasteiger partial charge in [-0.05, 0) is 56.9 Å². The molecule has 1 aromatic carbocycles. The molecule has 2 rings (SSSR count). The molecule has 2 unspecified atom stereocenters. The highest BCUT2D eigenvalue weighted by atomic mass is 16.4. The van der Waals surface area contributed by atoms with Gasteiger partial charge in [0.15, 0.2) is 0 Å². The number of hydrogen-bond acceptors (Lipinski definition) is 3. The first kappa shape index (κ1) is 18.0. The minimum atomic E-state index is -0.876. The second-order valence-electron chi connectivity index (χ2n) is 6.49. The highest BCUT2D eigenvalue weighted by molar-refractivity contribution is 5.96. The molecular weight excluding hydrogens is 308 g/mol. The van der Waals surface area contributed by atoms with E-state index < -0.39 is 11.9 Å². The molecule has 130 valence electrons. The van der Waals surface area contributed by atoms with Crippen LogP contribution in [0.5, 0.6) is 0 Å². The Bertz CT molecular complexity index is 656. The summed E-state index contributed by atoms with van der Waals surface area (Å²) in [5.74, 6) is -1.95. The lowest BCUT2D eigenvalue weighted by atomic mass is 9.93. The van der Waals surface area contributed by atoms with Crippen molar-refractivity contribution >= 4 is 17.8 Å². The summed E-state index contributed by atoms with van der Waals surface area (Å²) >= 11 is 0. The van der Waals surface area contributed by atoms with E-state index in [1.165, 1.54) is 0 Å². The van der Waals surface area contributed by atoms with Crippen LogP contribution in [-0.4, -0.2) is 46.9 Å². The molecule has 1 heterocycles. The van der Waals surface area contributed by atoms with E-state index in [0.717, 1.165) is 11.1 Å². The van der Waals surface area contributed by atoms with Crippen molar-refractivity contribution in [2.24, 2.45) is 5.92 Å². The number of hydrogen-bond donors (Lipinski definition) is 2. The third-order valence-corrected chi connectivity index (χ3v) is 4.72. The SMILES string of the molecule is Cc1ccc(C(=O)NCC(=O)N2CC(C(=O)O)CCC2C)cc1C. The van der Waals surface area contributed by atoms with Gasteiger partial charge in [0.2, 0.25) is 5.91 Å². The summed E-state index contributed by atoms with van der Waals surface area (Å²) in [6.45, 7) is 5.88. The number of carbonyl (C=O) groups is 3. The van der Waals surface area contributed by atoms with Crippen LogP contribution >= 0.6 is 0 Å². The average molecular weight is 332 g/mol. The molecular formula is C18H24N2O4. The lowest BCUT2D eigenvalue weighted by Gasteiger charge is -2.36.